The van der Waals surface area contributed by atoms with Gasteiger partial charge < -0.3 is 0 Å². The molecular weight excluding hydrogens is 353 g/mol. The molecule has 1 heterocycles. The maximum atomic E-state index is 13.2. The Kier molecular flexibility index (Phi) is 3.85. The molecule has 3 aromatic carbocycles. The van der Waals surface area contributed by atoms with E-state index in [1.54, 1.807) is 6.07 Å². The minimum Gasteiger partial charge on any atom is -0.166 e. The van der Waals surface area contributed by atoms with Gasteiger partial charge in [0.25, 0.3) is 0 Å². The van der Waals surface area contributed by atoms with Gasteiger partial charge in [-0.15, -0.1) is 0 Å². The fourth-order valence-corrected chi connectivity index (χ4v) is 6.43. The van der Waals surface area contributed by atoms with Crippen LogP contribution in [0.2, 0.25) is 0 Å². The number of benzene rings is 3. The van der Waals surface area contributed by atoms with Crippen LogP contribution in [0.1, 0.15) is 22.3 Å². The molecule has 0 amide bonds. The number of hydrogen-bond donors (Lipinski definition) is 0. The summed E-state index contributed by atoms with van der Waals surface area (Å²) >= 11 is 0. The highest BCUT2D eigenvalue weighted by Crippen LogP contribution is 2.51. The van der Waals surface area contributed by atoms with Crippen LogP contribution in [0.15, 0.2) is 54.6 Å². The molecule has 0 saturated heterocycles. The zero-order chi connectivity index (χ0) is 18.6. The van der Waals surface area contributed by atoms with Crippen molar-refractivity contribution in [3.8, 4) is 4.90 Å². The summed E-state index contributed by atoms with van der Waals surface area (Å²) in [5.74, 6) is 0. The Morgan fingerprint density at radius 1 is 0.731 bits per heavy atom. The van der Waals surface area contributed by atoms with Crippen LogP contribution in [-0.2, 0) is 6.18 Å². The number of thiophene rings is 1. The van der Waals surface area contributed by atoms with Crippen LogP contribution in [0, 0.1) is 20.8 Å². The second-order valence-electron chi connectivity index (χ2n) is 6.74. The zero-order valence-corrected chi connectivity index (χ0v) is 15.6. The fraction of sp³-hybridized carbons (Fsp3) is 0.182. The highest BCUT2D eigenvalue weighted by Gasteiger charge is 2.33. The SMILES string of the molecule is Cc1cc(C)c(-[s+]2c3ccccc3c3cc(C(F)(F)F)ccc32)c(C)c1. The van der Waals surface area contributed by atoms with Crippen LogP contribution in [0.5, 0.6) is 0 Å². The lowest BCUT2D eigenvalue weighted by molar-refractivity contribution is -0.137. The molecule has 0 radical (unpaired) electrons. The lowest BCUT2D eigenvalue weighted by Gasteiger charge is -2.06. The average molecular weight is 371 g/mol. The van der Waals surface area contributed by atoms with Crippen LogP contribution in [0.25, 0.3) is 25.1 Å². The van der Waals surface area contributed by atoms with Gasteiger partial charge in [-0.05, 0) is 51.1 Å². The molecule has 4 heteroatoms. The summed E-state index contributed by atoms with van der Waals surface area (Å²) in [5, 5.41) is 1.62. The molecule has 0 spiro atoms. The van der Waals surface area contributed by atoms with Crippen molar-refractivity contribution in [1.82, 2.24) is 0 Å². The van der Waals surface area contributed by atoms with Gasteiger partial charge in [0, 0.05) is 32.4 Å². The first-order valence-electron chi connectivity index (χ1n) is 8.40. The quantitative estimate of drug-likeness (QED) is 0.301. The predicted octanol–water partition coefficient (Wildman–Crippen LogP) is 7.68. The molecule has 0 aliphatic heterocycles. The molecule has 132 valence electrons. The number of halogens is 3. The van der Waals surface area contributed by atoms with Crippen LogP contribution in [0.4, 0.5) is 13.2 Å². The highest BCUT2D eigenvalue weighted by molar-refractivity contribution is 7.50. The molecular formula is C22H18F3S+. The Labute approximate surface area is 152 Å². The molecule has 4 rings (SSSR count). The molecule has 1 unspecified atom stereocenters. The second kappa shape index (κ2) is 5.85. The van der Waals surface area contributed by atoms with E-state index in [4.69, 9.17) is 0 Å². The van der Waals surface area contributed by atoms with Gasteiger partial charge in [-0.3, -0.25) is 0 Å². The summed E-state index contributed by atoms with van der Waals surface area (Å²) in [5.41, 5.74) is 2.99. The number of aryl methyl sites for hydroxylation is 3. The molecule has 0 fully saturated rings. The lowest BCUT2D eigenvalue weighted by atomic mass is 10.1. The standard InChI is InChI=1S/C22H18F3S/c1-13-10-14(2)21(15(3)11-13)26-19-7-5-4-6-17(19)18-12-16(22(23,24)25)8-9-20(18)26/h4-12H,1-3H3/q+1. The van der Waals surface area contributed by atoms with E-state index in [9.17, 15) is 13.2 Å². The van der Waals surface area contributed by atoms with Gasteiger partial charge in [0.15, 0.2) is 14.3 Å². The summed E-state index contributed by atoms with van der Waals surface area (Å²) in [6, 6.07) is 16.3. The van der Waals surface area contributed by atoms with E-state index >= 15 is 0 Å². The molecule has 0 nitrogen and oxygen atoms in total. The van der Waals surface area contributed by atoms with Gasteiger partial charge in [-0.25, -0.2) is 0 Å². The number of fused-ring (bicyclic) bond motifs is 3. The van der Waals surface area contributed by atoms with Crippen LogP contribution in [0.3, 0.4) is 0 Å². The Bertz CT molecular complexity index is 1130. The molecule has 0 aliphatic carbocycles. The molecule has 0 saturated carbocycles. The maximum absolute atomic E-state index is 13.2. The first kappa shape index (κ1) is 17.1. The van der Waals surface area contributed by atoms with E-state index < -0.39 is 11.7 Å². The van der Waals surface area contributed by atoms with E-state index in [0.29, 0.717) is 5.39 Å². The maximum Gasteiger partial charge on any atom is 0.416 e. The third-order valence-corrected chi connectivity index (χ3v) is 7.38. The molecule has 0 N–H and O–H groups in total. The average Bonchev–Trinajstić information content (AvgIpc) is 2.88. The van der Waals surface area contributed by atoms with E-state index in [0.717, 1.165) is 14.8 Å². The van der Waals surface area contributed by atoms with Gasteiger partial charge in [0.05, 0.1) is 5.56 Å². The monoisotopic (exact) mass is 371 g/mol. The normalized spacial score (nSPS) is 12.9. The highest BCUT2D eigenvalue weighted by atomic mass is 32.2. The first-order valence-corrected chi connectivity index (χ1v) is 9.62. The van der Waals surface area contributed by atoms with Crippen LogP contribution >= 0.6 is 10.5 Å². The Morgan fingerprint density at radius 2 is 1.35 bits per heavy atom. The zero-order valence-electron chi connectivity index (χ0n) is 14.7. The Morgan fingerprint density at radius 3 is 2.00 bits per heavy atom. The van der Waals surface area contributed by atoms with Gasteiger partial charge >= 0.3 is 6.18 Å². The number of alkyl halides is 3. The van der Waals surface area contributed by atoms with Crippen LogP contribution in [-0.4, -0.2) is 0 Å². The topological polar surface area (TPSA) is 0 Å². The van der Waals surface area contributed by atoms with Crippen molar-refractivity contribution >= 4 is 30.6 Å². The van der Waals surface area contributed by atoms with E-state index in [2.05, 4.69) is 32.9 Å². The number of hydrogen-bond acceptors (Lipinski definition) is 0. The van der Waals surface area contributed by atoms with Gasteiger partial charge in [-0.2, -0.15) is 13.2 Å². The Hall–Kier alpha value is -2.33. The Balaban J connectivity index is 2.16. The predicted molar refractivity (Wildman–Crippen MR) is 104 cm³/mol. The van der Waals surface area contributed by atoms with Gasteiger partial charge in [0.2, 0.25) is 0 Å². The van der Waals surface area contributed by atoms with E-state index in [1.807, 2.05) is 24.3 Å². The van der Waals surface area contributed by atoms with Gasteiger partial charge in [-0.1, -0.05) is 29.8 Å². The fourth-order valence-electron chi connectivity index (χ4n) is 3.79. The molecule has 0 bridgehead atoms. The molecule has 0 aliphatic rings. The lowest BCUT2D eigenvalue weighted by Crippen LogP contribution is -2.03. The van der Waals surface area contributed by atoms with Crippen molar-refractivity contribution in [2.45, 2.75) is 26.9 Å². The van der Waals surface area contributed by atoms with Crippen molar-refractivity contribution < 1.29 is 13.2 Å². The van der Waals surface area contributed by atoms with Gasteiger partial charge in [0.1, 0.15) is 0 Å². The largest absolute Gasteiger partial charge is 0.416 e. The molecule has 26 heavy (non-hydrogen) atoms. The second-order valence-corrected chi connectivity index (χ2v) is 8.64. The molecule has 1 atom stereocenters. The minimum atomic E-state index is -4.33. The van der Waals surface area contributed by atoms with Crippen molar-refractivity contribution in [2.75, 3.05) is 0 Å². The third kappa shape index (κ3) is 2.60. The van der Waals surface area contributed by atoms with E-state index in [-0.39, 0.29) is 10.5 Å². The minimum absolute atomic E-state index is 0.374. The first-order chi connectivity index (χ1) is 12.3. The van der Waals surface area contributed by atoms with Crippen LogP contribution < -0.4 is 0 Å². The summed E-state index contributed by atoms with van der Waals surface area (Å²) in [4.78, 5) is 1.22. The molecule has 4 aromatic rings. The third-order valence-electron chi connectivity index (χ3n) is 4.73. The summed E-state index contributed by atoms with van der Waals surface area (Å²) in [7, 11) is -0.374. The smallest absolute Gasteiger partial charge is 0.166 e. The summed E-state index contributed by atoms with van der Waals surface area (Å²) in [6.07, 6.45) is -4.33. The summed E-state index contributed by atoms with van der Waals surface area (Å²) < 4.78 is 41.8. The van der Waals surface area contributed by atoms with E-state index in [1.165, 1.54) is 33.7 Å². The number of rotatable bonds is 1. The summed E-state index contributed by atoms with van der Waals surface area (Å²) in [6.45, 7) is 6.25. The van der Waals surface area contributed by atoms with Crippen molar-refractivity contribution in [2.24, 2.45) is 0 Å². The van der Waals surface area contributed by atoms with Crippen molar-refractivity contribution in [1.29, 1.82) is 0 Å². The molecule has 1 aromatic heterocycles. The van der Waals surface area contributed by atoms with Crippen molar-refractivity contribution in [3.63, 3.8) is 0 Å². The van der Waals surface area contributed by atoms with Crippen molar-refractivity contribution in [3.05, 3.63) is 76.9 Å².